The number of thioether (sulfide) groups is 1. The standard InChI is InChI=1S/C14H20BrNOS/c1-10(9-18-2)8-16-13-5-6-17-14-4-3-11(15)7-12(13)14/h3-4,7,10,13,16H,5-6,8-9H2,1-2H3. The van der Waals surface area contributed by atoms with Crippen molar-refractivity contribution in [2.24, 2.45) is 5.92 Å². The minimum Gasteiger partial charge on any atom is -0.493 e. The molecule has 1 heterocycles. The first kappa shape index (κ1) is 14.2. The largest absolute Gasteiger partial charge is 0.493 e. The van der Waals surface area contributed by atoms with Crippen LogP contribution >= 0.6 is 27.7 Å². The van der Waals surface area contributed by atoms with Crippen molar-refractivity contribution in [1.82, 2.24) is 5.32 Å². The number of halogens is 1. The van der Waals surface area contributed by atoms with Crippen LogP contribution in [0.15, 0.2) is 22.7 Å². The fraction of sp³-hybridized carbons (Fsp3) is 0.571. The Kier molecular flexibility index (Phi) is 5.39. The van der Waals surface area contributed by atoms with Crippen LogP contribution < -0.4 is 10.1 Å². The average Bonchev–Trinajstić information content (AvgIpc) is 2.36. The summed E-state index contributed by atoms with van der Waals surface area (Å²) < 4.78 is 6.82. The van der Waals surface area contributed by atoms with Crippen molar-refractivity contribution in [2.45, 2.75) is 19.4 Å². The number of rotatable bonds is 5. The summed E-state index contributed by atoms with van der Waals surface area (Å²) >= 11 is 5.45. The molecule has 0 aliphatic carbocycles. The molecular weight excluding hydrogens is 310 g/mol. The quantitative estimate of drug-likeness (QED) is 0.886. The monoisotopic (exact) mass is 329 g/mol. The zero-order valence-electron chi connectivity index (χ0n) is 10.9. The molecule has 1 aliphatic heterocycles. The molecular formula is C14H20BrNOS. The van der Waals surface area contributed by atoms with Crippen LogP contribution in [0.1, 0.15) is 24.9 Å². The number of ether oxygens (including phenoxy) is 1. The SMILES string of the molecule is CSCC(C)CNC1CCOc2ccc(Br)cc21. The Morgan fingerprint density at radius 2 is 2.39 bits per heavy atom. The Labute approximate surface area is 122 Å². The third-order valence-corrected chi connectivity index (χ3v) is 4.57. The Bertz CT molecular complexity index is 399. The van der Waals surface area contributed by atoms with E-state index < -0.39 is 0 Å². The number of hydrogen-bond donors (Lipinski definition) is 1. The zero-order valence-corrected chi connectivity index (χ0v) is 13.3. The van der Waals surface area contributed by atoms with Gasteiger partial charge in [-0.1, -0.05) is 22.9 Å². The molecule has 0 bridgehead atoms. The van der Waals surface area contributed by atoms with E-state index in [1.54, 1.807) is 0 Å². The van der Waals surface area contributed by atoms with Crippen LogP contribution in [-0.4, -0.2) is 25.2 Å². The maximum Gasteiger partial charge on any atom is 0.124 e. The van der Waals surface area contributed by atoms with Gasteiger partial charge in [0.05, 0.1) is 6.61 Å². The van der Waals surface area contributed by atoms with Crippen molar-refractivity contribution in [3.8, 4) is 5.75 Å². The molecule has 0 saturated heterocycles. The van der Waals surface area contributed by atoms with Gasteiger partial charge in [0.2, 0.25) is 0 Å². The van der Waals surface area contributed by atoms with E-state index in [-0.39, 0.29) is 0 Å². The summed E-state index contributed by atoms with van der Waals surface area (Å²) in [6.07, 6.45) is 3.22. The lowest BCUT2D eigenvalue weighted by Gasteiger charge is -2.28. The first-order chi connectivity index (χ1) is 8.70. The van der Waals surface area contributed by atoms with Gasteiger partial charge in [0.1, 0.15) is 5.75 Å². The molecule has 100 valence electrons. The third-order valence-electron chi connectivity index (χ3n) is 3.18. The second kappa shape index (κ2) is 6.83. The number of nitrogens with one attached hydrogen (secondary N) is 1. The molecule has 1 aliphatic rings. The topological polar surface area (TPSA) is 21.3 Å². The highest BCUT2D eigenvalue weighted by molar-refractivity contribution is 9.10. The molecule has 1 aromatic rings. The first-order valence-electron chi connectivity index (χ1n) is 6.35. The highest BCUT2D eigenvalue weighted by Gasteiger charge is 2.21. The summed E-state index contributed by atoms with van der Waals surface area (Å²) in [7, 11) is 0. The molecule has 2 atom stereocenters. The van der Waals surface area contributed by atoms with Crippen LogP contribution in [0.2, 0.25) is 0 Å². The summed E-state index contributed by atoms with van der Waals surface area (Å²) in [5.41, 5.74) is 1.28. The van der Waals surface area contributed by atoms with Crippen LogP contribution in [-0.2, 0) is 0 Å². The van der Waals surface area contributed by atoms with Crippen molar-refractivity contribution in [1.29, 1.82) is 0 Å². The van der Waals surface area contributed by atoms with Crippen molar-refractivity contribution < 1.29 is 4.74 Å². The Hall–Kier alpha value is -0.190. The average molecular weight is 330 g/mol. The number of hydrogen-bond acceptors (Lipinski definition) is 3. The van der Waals surface area contributed by atoms with Gasteiger partial charge in [-0.2, -0.15) is 11.8 Å². The van der Waals surface area contributed by atoms with Crippen molar-refractivity contribution >= 4 is 27.7 Å². The van der Waals surface area contributed by atoms with Gasteiger partial charge in [0.25, 0.3) is 0 Å². The normalized spacial score (nSPS) is 20.1. The van der Waals surface area contributed by atoms with Crippen LogP contribution in [0, 0.1) is 5.92 Å². The highest BCUT2D eigenvalue weighted by atomic mass is 79.9. The minimum atomic E-state index is 0.426. The molecule has 2 unspecified atom stereocenters. The van der Waals surface area contributed by atoms with Gasteiger partial charge in [-0.3, -0.25) is 0 Å². The van der Waals surface area contributed by atoms with Crippen LogP contribution in [0.3, 0.4) is 0 Å². The van der Waals surface area contributed by atoms with Crippen LogP contribution in [0.4, 0.5) is 0 Å². The lowest BCUT2D eigenvalue weighted by molar-refractivity contribution is 0.250. The molecule has 2 rings (SSSR count). The highest BCUT2D eigenvalue weighted by Crippen LogP contribution is 2.34. The Morgan fingerprint density at radius 1 is 1.56 bits per heavy atom. The van der Waals surface area contributed by atoms with Gasteiger partial charge < -0.3 is 10.1 Å². The molecule has 0 radical (unpaired) electrons. The molecule has 18 heavy (non-hydrogen) atoms. The van der Waals surface area contributed by atoms with Crippen molar-refractivity contribution in [3.63, 3.8) is 0 Å². The second-order valence-corrected chi connectivity index (χ2v) is 6.67. The van der Waals surface area contributed by atoms with Gasteiger partial charge in [-0.05, 0) is 42.7 Å². The van der Waals surface area contributed by atoms with Crippen molar-refractivity contribution in [2.75, 3.05) is 25.2 Å². The Morgan fingerprint density at radius 3 is 3.17 bits per heavy atom. The molecule has 0 spiro atoms. The van der Waals surface area contributed by atoms with E-state index in [2.05, 4.69) is 46.6 Å². The summed E-state index contributed by atoms with van der Waals surface area (Å²) in [6.45, 7) is 4.17. The van der Waals surface area contributed by atoms with E-state index in [4.69, 9.17) is 4.74 Å². The van der Waals surface area contributed by atoms with Gasteiger partial charge in [0.15, 0.2) is 0 Å². The van der Waals surface area contributed by atoms with E-state index in [9.17, 15) is 0 Å². The van der Waals surface area contributed by atoms with Gasteiger partial charge >= 0.3 is 0 Å². The van der Waals surface area contributed by atoms with Crippen LogP contribution in [0.5, 0.6) is 5.75 Å². The predicted octanol–water partition coefficient (Wildman–Crippen LogP) is 3.86. The van der Waals surface area contributed by atoms with E-state index in [0.717, 1.165) is 29.8 Å². The van der Waals surface area contributed by atoms with E-state index in [1.807, 2.05) is 17.8 Å². The summed E-state index contributed by atoms with van der Waals surface area (Å²) in [6, 6.07) is 6.69. The first-order valence-corrected chi connectivity index (χ1v) is 8.54. The Balaban J connectivity index is 2.01. The molecule has 0 amide bonds. The molecule has 1 aromatic carbocycles. The maximum absolute atomic E-state index is 5.70. The lowest BCUT2D eigenvalue weighted by Crippen LogP contribution is -2.31. The van der Waals surface area contributed by atoms with Gasteiger partial charge in [0, 0.05) is 22.5 Å². The molecule has 2 nitrogen and oxygen atoms in total. The molecule has 1 N–H and O–H groups in total. The summed E-state index contributed by atoms with van der Waals surface area (Å²) in [4.78, 5) is 0. The zero-order chi connectivity index (χ0) is 13.0. The maximum atomic E-state index is 5.70. The smallest absolute Gasteiger partial charge is 0.124 e. The third kappa shape index (κ3) is 3.65. The number of fused-ring (bicyclic) bond motifs is 1. The molecule has 0 aromatic heterocycles. The van der Waals surface area contributed by atoms with E-state index in [1.165, 1.54) is 11.3 Å². The van der Waals surface area contributed by atoms with Crippen LogP contribution in [0.25, 0.3) is 0 Å². The number of benzene rings is 1. The molecule has 4 heteroatoms. The van der Waals surface area contributed by atoms with Gasteiger partial charge in [-0.25, -0.2) is 0 Å². The molecule has 0 saturated carbocycles. The fourth-order valence-corrected chi connectivity index (χ4v) is 3.33. The van der Waals surface area contributed by atoms with E-state index >= 15 is 0 Å². The van der Waals surface area contributed by atoms with E-state index in [0.29, 0.717) is 12.0 Å². The second-order valence-electron chi connectivity index (χ2n) is 4.84. The summed E-state index contributed by atoms with van der Waals surface area (Å²) in [5, 5.41) is 3.68. The fourth-order valence-electron chi connectivity index (χ4n) is 2.26. The summed E-state index contributed by atoms with van der Waals surface area (Å²) in [5.74, 6) is 2.94. The minimum absolute atomic E-state index is 0.426. The predicted molar refractivity (Wildman–Crippen MR) is 82.5 cm³/mol. The lowest BCUT2D eigenvalue weighted by atomic mass is 10.00. The van der Waals surface area contributed by atoms with Gasteiger partial charge in [-0.15, -0.1) is 0 Å². The molecule has 0 fully saturated rings. The van der Waals surface area contributed by atoms with Crippen molar-refractivity contribution in [3.05, 3.63) is 28.2 Å².